The molecular weight excluding hydrogens is 585 g/mol. The van der Waals surface area contributed by atoms with Crippen LogP contribution in [0, 0.1) is 22.7 Å². The monoisotopic (exact) mass is 610 g/mol. The molecule has 0 N–H and O–H groups in total. The summed E-state index contributed by atoms with van der Waals surface area (Å²) in [7, 11) is 0. The third kappa shape index (κ3) is 4.14. The minimum Gasteiger partial charge on any atom is -0.309 e. The lowest BCUT2D eigenvalue weighted by atomic mass is 9.95. The fourth-order valence-corrected chi connectivity index (χ4v) is 7.29. The minimum atomic E-state index is 0.587. The predicted octanol–water partition coefficient (Wildman–Crippen LogP) is 11.0. The second kappa shape index (κ2) is 10.9. The van der Waals surface area contributed by atoms with E-state index in [0.717, 1.165) is 55.4 Å². The van der Waals surface area contributed by atoms with Crippen molar-refractivity contribution in [1.82, 2.24) is 9.13 Å². The Labute approximate surface area is 277 Å². The SMILES string of the molecule is N#Cc1cc(-c2ccc(-n3c4ccccc4c4ccccc43)cc2)cc(-c2ccccc2-n2c3ccccc3c3cccc(C#N)c32)c1. The summed E-state index contributed by atoms with van der Waals surface area (Å²) in [5.41, 5.74) is 11.4. The summed E-state index contributed by atoms with van der Waals surface area (Å²) in [4.78, 5) is 0. The zero-order valence-corrected chi connectivity index (χ0v) is 25.8. The third-order valence-corrected chi connectivity index (χ3v) is 9.37. The van der Waals surface area contributed by atoms with Gasteiger partial charge in [0.15, 0.2) is 0 Å². The standard InChI is InChI=1S/C44H26N4/c45-27-29-24-32(30-20-22-34(23-21-30)47-41-17-6-2-12-36(41)37-13-3-7-18-42(37)47)26-33(25-29)35-11-1-5-16-40(35)48-43-19-8-4-14-38(43)39-15-9-10-31(28-46)44(39)48/h1-26H. The van der Waals surface area contributed by atoms with Gasteiger partial charge < -0.3 is 9.13 Å². The summed E-state index contributed by atoms with van der Waals surface area (Å²) in [5, 5.41) is 24.9. The number of benzene rings is 7. The molecule has 2 aromatic heterocycles. The number of hydrogen-bond acceptors (Lipinski definition) is 2. The van der Waals surface area contributed by atoms with Crippen molar-refractivity contribution in [3.05, 3.63) is 169 Å². The van der Waals surface area contributed by atoms with Crippen molar-refractivity contribution in [2.75, 3.05) is 0 Å². The number of aromatic nitrogens is 2. The highest BCUT2D eigenvalue weighted by molar-refractivity contribution is 6.11. The Kier molecular flexibility index (Phi) is 6.22. The second-order valence-corrected chi connectivity index (χ2v) is 12.0. The largest absolute Gasteiger partial charge is 0.309 e. The maximum atomic E-state index is 10.2. The second-order valence-electron chi connectivity index (χ2n) is 12.0. The molecule has 0 aliphatic rings. The fraction of sp³-hybridized carbons (Fsp3) is 0. The Morgan fingerprint density at radius 3 is 1.65 bits per heavy atom. The van der Waals surface area contributed by atoms with Crippen LogP contribution in [-0.2, 0) is 0 Å². The molecule has 0 saturated carbocycles. The van der Waals surface area contributed by atoms with E-state index in [9.17, 15) is 10.5 Å². The van der Waals surface area contributed by atoms with Crippen molar-refractivity contribution >= 4 is 43.6 Å². The Morgan fingerprint density at radius 2 is 0.979 bits per heavy atom. The summed E-state index contributed by atoms with van der Waals surface area (Å²) in [6.45, 7) is 0. The molecular formula is C44H26N4. The molecule has 9 aromatic rings. The number of nitriles is 2. The highest BCUT2D eigenvalue weighted by Gasteiger charge is 2.19. The Balaban J connectivity index is 1.20. The van der Waals surface area contributed by atoms with Crippen LogP contribution < -0.4 is 0 Å². The Morgan fingerprint density at radius 1 is 0.417 bits per heavy atom. The van der Waals surface area contributed by atoms with Gasteiger partial charge in [-0.2, -0.15) is 10.5 Å². The van der Waals surface area contributed by atoms with E-state index in [-0.39, 0.29) is 0 Å². The highest BCUT2D eigenvalue weighted by Crippen LogP contribution is 2.39. The Bertz CT molecular complexity index is 2750. The first-order valence-corrected chi connectivity index (χ1v) is 15.9. The number of fused-ring (bicyclic) bond motifs is 6. The lowest BCUT2D eigenvalue weighted by molar-refractivity contribution is 1.18. The van der Waals surface area contributed by atoms with Gasteiger partial charge in [0.2, 0.25) is 0 Å². The van der Waals surface area contributed by atoms with E-state index in [4.69, 9.17) is 0 Å². The summed E-state index contributed by atoms with van der Waals surface area (Å²) in [6.07, 6.45) is 0. The number of rotatable bonds is 4. The van der Waals surface area contributed by atoms with Crippen LogP contribution in [0.1, 0.15) is 11.1 Å². The van der Waals surface area contributed by atoms with Gasteiger partial charge in [0.05, 0.1) is 45.0 Å². The molecule has 4 nitrogen and oxygen atoms in total. The van der Waals surface area contributed by atoms with Gasteiger partial charge in [-0.15, -0.1) is 0 Å². The average Bonchev–Trinajstić information content (AvgIpc) is 3.68. The van der Waals surface area contributed by atoms with E-state index >= 15 is 0 Å². The molecule has 4 heteroatoms. The summed E-state index contributed by atoms with van der Waals surface area (Å²) < 4.78 is 4.50. The van der Waals surface area contributed by atoms with Crippen LogP contribution in [-0.4, -0.2) is 9.13 Å². The van der Waals surface area contributed by atoms with Gasteiger partial charge >= 0.3 is 0 Å². The molecule has 7 aromatic carbocycles. The predicted molar refractivity (Wildman–Crippen MR) is 195 cm³/mol. The van der Waals surface area contributed by atoms with Gasteiger partial charge in [-0.1, -0.05) is 97.1 Å². The van der Waals surface area contributed by atoms with Gasteiger partial charge in [0.25, 0.3) is 0 Å². The van der Waals surface area contributed by atoms with E-state index in [2.05, 4.69) is 130 Å². The molecule has 0 saturated heterocycles. The molecule has 9 rings (SSSR count). The average molecular weight is 611 g/mol. The van der Waals surface area contributed by atoms with E-state index in [1.54, 1.807) is 0 Å². The maximum Gasteiger partial charge on any atom is 0.101 e. The molecule has 222 valence electrons. The van der Waals surface area contributed by atoms with Gasteiger partial charge in [-0.05, 0) is 77.4 Å². The van der Waals surface area contributed by atoms with Gasteiger partial charge in [-0.25, -0.2) is 0 Å². The van der Waals surface area contributed by atoms with Crippen molar-refractivity contribution in [3.8, 4) is 45.8 Å². The molecule has 0 radical (unpaired) electrons. The van der Waals surface area contributed by atoms with Crippen molar-refractivity contribution in [2.45, 2.75) is 0 Å². The molecule has 0 spiro atoms. The first-order valence-electron chi connectivity index (χ1n) is 15.9. The molecule has 0 amide bonds. The smallest absolute Gasteiger partial charge is 0.101 e. The lowest BCUT2D eigenvalue weighted by Gasteiger charge is -2.16. The Hall–Kier alpha value is -6.88. The number of para-hydroxylation sites is 5. The summed E-state index contributed by atoms with van der Waals surface area (Å²) in [5.74, 6) is 0. The molecule has 0 fully saturated rings. The molecule has 2 heterocycles. The minimum absolute atomic E-state index is 0.587. The van der Waals surface area contributed by atoms with Crippen LogP contribution >= 0.6 is 0 Å². The first kappa shape index (κ1) is 27.4. The van der Waals surface area contributed by atoms with Crippen LogP contribution in [0.5, 0.6) is 0 Å². The molecule has 0 atom stereocenters. The number of nitrogens with zero attached hydrogens (tertiary/aromatic N) is 4. The van der Waals surface area contributed by atoms with Crippen LogP contribution in [0.3, 0.4) is 0 Å². The maximum absolute atomic E-state index is 10.2. The lowest BCUT2D eigenvalue weighted by Crippen LogP contribution is -1.99. The van der Waals surface area contributed by atoms with Crippen molar-refractivity contribution in [2.24, 2.45) is 0 Å². The fourth-order valence-electron chi connectivity index (χ4n) is 7.29. The molecule has 48 heavy (non-hydrogen) atoms. The van der Waals surface area contributed by atoms with Crippen LogP contribution in [0.25, 0.3) is 77.2 Å². The van der Waals surface area contributed by atoms with E-state index in [1.807, 2.05) is 48.5 Å². The molecule has 0 aliphatic heterocycles. The molecule has 0 unspecified atom stereocenters. The third-order valence-electron chi connectivity index (χ3n) is 9.37. The van der Waals surface area contributed by atoms with Crippen LogP contribution in [0.4, 0.5) is 0 Å². The normalized spacial score (nSPS) is 11.3. The number of hydrogen-bond donors (Lipinski definition) is 0. The van der Waals surface area contributed by atoms with Gasteiger partial charge in [-0.3, -0.25) is 0 Å². The van der Waals surface area contributed by atoms with Crippen molar-refractivity contribution < 1.29 is 0 Å². The van der Waals surface area contributed by atoms with Gasteiger partial charge in [0, 0.05) is 32.8 Å². The zero-order chi connectivity index (χ0) is 32.2. The summed E-state index contributed by atoms with van der Waals surface area (Å²) >= 11 is 0. The van der Waals surface area contributed by atoms with Gasteiger partial charge in [0.1, 0.15) is 6.07 Å². The topological polar surface area (TPSA) is 57.4 Å². The highest BCUT2D eigenvalue weighted by atomic mass is 15.0. The van der Waals surface area contributed by atoms with Crippen LogP contribution in [0.15, 0.2) is 158 Å². The van der Waals surface area contributed by atoms with Crippen LogP contribution in [0.2, 0.25) is 0 Å². The summed E-state index contributed by atoms with van der Waals surface area (Å²) in [6, 6.07) is 58.9. The van der Waals surface area contributed by atoms with E-state index < -0.39 is 0 Å². The zero-order valence-electron chi connectivity index (χ0n) is 25.8. The first-order chi connectivity index (χ1) is 23.7. The van der Waals surface area contributed by atoms with E-state index in [0.29, 0.717) is 11.1 Å². The van der Waals surface area contributed by atoms with E-state index in [1.165, 1.54) is 21.8 Å². The van der Waals surface area contributed by atoms with Crippen molar-refractivity contribution in [3.63, 3.8) is 0 Å². The molecule has 0 bridgehead atoms. The van der Waals surface area contributed by atoms with Crippen molar-refractivity contribution in [1.29, 1.82) is 10.5 Å². The quantitative estimate of drug-likeness (QED) is 0.199. The molecule has 0 aliphatic carbocycles.